The molecule has 0 aliphatic rings. The van der Waals surface area contributed by atoms with E-state index in [1.165, 1.54) is 11.3 Å². The zero-order valence-electron chi connectivity index (χ0n) is 11.2. The number of halogens is 1. The highest BCUT2D eigenvalue weighted by Crippen LogP contribution is 2.30. The van der Waals surface area contributed by atoms with Crippen LogP contribution >= 0.6 is 38.6 Å². The topological polar surface area (TPSA) is 50.2 Å². The number of carboxylic acids is 1. The van der Waals surface area contributed by atoms with Crippen molar-refractivity contribution in [2.45, 2.75) is 0 Å². The molecule has 110 valence electrons. The zero-order valence-corrected chi connectivity index (χ0v) is 14.4. The first kappa shape index (κ1) is 15.1. The molecule has 0 bridgehead atoms. The number of carboxylic acid groups (broad SMARTS) is 1. The van der Waals surface area contributed by atoms with Crippen molar-refractivity contribution in [2.24, 2.45) is 0 Å². The number of aromatic nitrogens is 1. The SMILES string of the molecule is O=C(O)c1sc(/C=C/c2cc(Br)cs2)nc1-c1ccccc1. The van der Waals surface area contributed by atoms with Crippen LogP contribution in [0.5, 0.6) is 0 Å². The molecule has 2 aromatic heterocycles. The second-order valence-corrected chi connectivity index (χ2v) is 7.29. The summed E-state index contributed by atoms with van der Waals surface area (Å²) in [5.74, 6) is -0.949. The molecule has 0 aliphatic heterocycles. The third-order valence-electron chi connectivity index (χ3n) is 2.86. The number of carbonyl (C=O) groups is 1. The monoisotopic (exact) mass is 391 g/mol. The van der Waals surface area contributed by atoms with Crippen molar-refractivity contribution in [3.8, 4) is 11.3 Å². The van der Waals surface area contributed by atoms with Gasteiger partial charge in [0.05, 0.1) is 5.69 Å². The minimum Gasteiger partial charge on any atom is -0.477 e. The van der Waals surface area contributed by atoms with E-state index in [0.717, 1.165) is 14.9 Å². The van der Waals surface area contributed by atoms with Crippen LogP contribution in [-0.4, -0.2) is 16.1 Å². The van der Waals surface area contributed by atoms with E-state index in [4.69, 9.17) is 0 Å². The zero-order chi connectivity index (χ0) is 15.5. The quantitative estimate of drug-likeness (QED) is 0.638. The summed E-state index contributed by atoms with van der Waals surface area (Å²) < 4.78 is 1.03. The van der Waals surface area contributed by atoms with E-state index in [2.05, 4.69) is 20.9 Å². The summed E-state index contributed by atoms with van der Waals surface area (Å²) in [5, 5.41) is 12.1. The highest BCUT2D eigenvalue weighted by atomic mass is 79.9. The Morgan fingerprint density at radius 1 is 1.23 bits per heavy atom. The van der Waals surface area contributed by atoms with Gasteiger partial charge in [-0.25, -0.2) is 9.78 Å². The van der Waals surface area contributed by atoms with Gasteiger partial charge in [-0.05, 0) is 34.1 Å². The fourth-order valence-corrected chi connectivity index (χ4v) is 4.08. The molecular weight excluding hydrogens is 382 g/mol. The Hall–Kier alpha value is -1.76. The normalized spacial score (nSPS) is 11.1. The highest BCUT2D eigenvalue weighted by molar-refractivity contribution is 9.10. The number of aromatic carboxylic acids is 1. The van der Waals surface area contributed by atoms with Gasteiger partial charge in [0.15, 0.2) is 0 Å². The number of hydrogen-bond donors (Lipinski definition) is 1. The molecule has 1 N–H and O–H groups in total. The standard InChI is InChI=1S/C16H10BrNO2S2/c17-11-8-12(21-9-11)6-7-13-18-14(15(22-13)16(19)20)10-4-2-1-3-5-10/h1-9H,(H,19,20)/b7-6+. The van der Waals surface area contributed by atoms with Crippen LogP contribution in [0.3, 0.4) is 0 Å². The number of rotatable bonds is 4. The third-order valence-corrected chi connectivity index (χ3v) is 5.53. The summed E-state index contributed by atoms with van der Waals surface area (Å²) in [5.41, 5.74) is 1.33. The molecule has 0 saturated carbocycles. The molecule has 2 heterocycles. The maximum atomic E-state index is 11.4. The Morgan fingerprint density at radius 3 is 2.64 bits per heavy atom. The molecule has 0 spiro atoms. The minimum absolute atomic E-state index is 0.262. The molecule has 0 aliphatic carbocycles. The summed E-state index contributed by atoms with van der Waals surface area (Å²) in [6.07, 6.45) is 3.79. The summed E-state index contributed by atoms with van der Waals surface area (Å²) in [4.78, 5) is 17.2. The maximum Gasteiger partial charge on any atom is 0.348 e. The molecule has 0 atom stereocenters. The van der Waals surface area contributed by atoms with E-state index in [-0.39, 0.29) is 4.88 Å². The number of benzene rings is 1. The van der Waals surface area contributed by atoms with E-state index in [1.54, 1.807) is 11.3 Å². The van der Waals surface area contributed by atoms with Gasteiger partial charge in [-0.2, -0.15) is 0 Å². The van der Waals surface area contributed by atoms with Gasteiger partial charge in [-0.1, -0.05) is 30.3 Å². The van der Waals surface area contributed by atoms with Gasteiger partial charge in [-0.15, -0.1) is 22.7 Å². The van der Waals surface area contributed by atoms with Crippen LogP contribution in [0.1, 0.15) is 19.6 Å². The van der Waals surface area contributed by atoms with Crippen LogP contribution < -0.4 is 0 Å². The molecule has 3 nitrogen and oxygen atoms in total. The fourth-order valence-electron chi connectivity index (χ4n) is 1.91. The Kier molecular flexibility index (Phi) is 4.52. The molecule has 3 rings (SSSR count). The average molecular weight is 392 g/mol. The van der Waals surface area contributed by atoms with E-state index in [0.29, 0.717) is 10.7 Å². The van der Waals surface area contributed by atoms with E-state index < -0.39 is 5.97 Å². The predicted octanol–water partition coefficient (Wildman–Crippen LogP) is 5.50. The fraction of sp³-hybridized carbons (Fsp3) is 0. The first-order valence-electron chi connectivity index (χ1n) is 6.35. The van der Waals surface area contributed by atoms with Crippen LogP contribution in [0.4, 0.5) is 0 Å². The number of hydrogen-bond acceptors (Lipinski definition) is 4. The molecule has 22 heavy (non-hydrogen) atoms. The molecule has 0 radical (unpaired) electrons. The lowest BCUT2D eigenvalue weighted by atomic mass is 10.1. The Morgan fingerprint density at radius 2 is 2.00 bits per heavy atom. The Bertz CT molecular complexity index is 837. The van der Waals surface area contributed by atoms with Crippen LogP contribution in [0, 0.1) is 0 Å². The lowest BCUT2D eigenvalue weighted by Gasteiger charge is -1.97. The lowest BCUT2D eigenvalue weighted by Crippen LogP contribution is -1.95. The second kappa shape index (κ2) is 6.56. The van der Waals surface area contributed by atoms with Gasteiger partial charge in [-0.3, -0.25) is 0 Å². The number of thiazole rings is 1. The molecular formula is C16H10BrNO2S2. The maximum absolute atomic E-state index is 11.4. The molecule has 3 aromatic rings. The second-order valence-electron chi connectivity index (χ2n) is 4.40. The van der Waals surface area contributed by atoms with Crippen molar-refractivity contribution in [1.82, 2.24) is 4.98 Å². The third kappa shape index (κ3) is 3.35. The van der Waals surface area contributed by atoms with Crippen LogP contribution in [0.2, 0.25) is 0 Å². The van der Waals surface area contributed by atoms with E-state index in [9.17, 15) is 9.90 Å². The molecule has 0 unspecified atom stereocenters. The lowest BCUT2D eigenvalue weighted by molar-refractivity contribution is 0.0702. The van der Waals surface area contributed by atoms with Crippen molar-refractivity contribution in [1.29, 1.82) is 0 Å². The number of nitrogens with zero attached hydrogens (tertiary/aromatic N) is 1. The van der Waals surface area contributed by atoms with E-state index in [1.807, 2.05) is 53.9 Å². The molecule has 0 saturated heterocycles. The summed E-state index contributed by atoms with van der Waals surface area (Å²) in [7, 11) is 0. The first-order chi connectivity index (χ1) is 10.6. The number of thiophene rings is 1. The summed E-state index contributed by atoms with van der Waals surface area (Å²) >= 11 is 6.20. The summed E-state index contributed by atoms with van der Waals surface area (Å²) in [6.45, 7) is 0. The van der Waals surface area contributed by atoms with Crippen molar-refractivity contribution in [2.75, 3.05) is 0 Å². The van der Waals surface area contributed by atoms with Crippen LogP contribution in [-0.2, 0) is 0 Å². The van der Waals surface area contributed by atoms with Crippen molar-refractivity contribution in [3.05, 3.63) is 61.0 Å². The molecule has 0 amide bonds. The van der Waals surface area contributed by atoms with Crippen molar-refractivity contribution >= 4 is 56.7 Å². The van der Waals surface area contributed by atoms with E-state index >= 15 is 0 Å². The Labute approximate surface area is 143 Å². The first-order valence-corrected chi connectivity index (χ1v) is 8.84. The average Bonchev–Trinajstić information content (AvgIpc) is 3.12. The van der Waals surface area contributed by atoms with Gasteiger partial charge in [0.2, 0.25) is 0 Å². The van der Waals surface area contributed by atoms with Crippen molar-refractivity contribution in [3.63, 3.8) is 0 Å². The smallest absolute Gasteiger partial charge is 0.348 e. The van der Waals surface area contributed by atoms with Gasteiger partial charge >= 0.3 is 5.97 Å². The summed E-state index contributed by atoms with van der Waals surface area (Å²) in [6, 6.07) is 11.4. The Balaban J connectivity index is 1.97. The molecule has 0 fully saturated rings. The van der Waals surface area contributed by atoms with Crippen LogP contribution in [0.15, 0.2) is 46.3 Å². The minimum atomic E-state index is -0.949. The predicted molar refractivity (Wildman–Crippen MR) is 95.5 cm³/mol. The molecule has 1 aromatic carbocycles. The van der Waals surface area contributed by atoms with Gasteiger partial charge in [0, 0.05) is 20.3 Å². The molecule has 6 heteroatoms. The highest BCUT2D eigenvalue weighted by Gasteiger charge is 2.17. The van der Waals surface area contributed by atoms with Gasteiger partial charge in [0.25, 0.3) is 0 Å². The van der Waals surface area contributed by atoms with Gasteiger partial charge < -0.3 is 5.11 Å². The van der Waals surface area contributed by atoms with Crippen LogP contribution in [0.25, 0.3) is 23.4 Å². The van der Waals surface area contributed by atoms with Gasteiger partial charge in [0.1, 0.15) is 9.88 Å². The van der Waals surface area contributed by atoms with Crippen molar-refractivity contribution < 1.29 is 9.90 Å². The largest absolute Gasteiger partial charge is 0.477 e.